The lowest BCUT2D eigenvalue weighted by atomic mass is 10.2. The lowest BCUT2D eigenvalue weighted by Gasteiger charge is -2.01. The lowest BCUT2D eigenvalue weighted by Crippen LogP contribution is -2.18. The summed E-state index contributed by atoms with van der Waals surface area (Å²) >= 11 is 3.41. The van der Waals surface area contributed by atoms with Crippen LogP contribution >= 0.6 is 15.9 Å². The summed E-state index contributed by atoms with van der Waals surface area (Å²) in [5.74, 6) is 0.892. The Morgan fingerprint density at radius 2 is 1.81 bits per heavy atom. The number of nitrogens with one attached hydrogen (secondary N) is 1. The number of carbonyl (C=O) groups excluding carboxylic acids is 1. The predicted octanol–water partition coefficient (Wildman–Crippen LogP) is 5.02. The van der Waals surface area contributed by atoms with E-state index in [1.165, 1.54) is 6.21 Å². The van der Waals surface area contributed by atoms with Gasteiger partial charge in [0.1, 0.15) is 17.2 Å². The molecule has 132 valence electrons. The van der Waals surface area contributed by atoms with Gasteiger partial charge in [0.15, 0.2) is 0 Å². The maximum atomic E-state index is 12.2. The molecular weight excluding hydrogens is 406 g/mol. The van der Waals surface area contributed by atoms with E-state index < -0.39 is 0 Å². The predicted molar refractivity (Wildman–Crippen MR) is 109 cm³/mol. The number of nitrogens with zero attached hydrogens (tertiary/aromatic N) is 2. The van der Waals surface area contributed by atoms with Gasteiger partial charge in [0.2, 0.25) is 0 Å². The quantitative estimate of drug-likeness (QED) is 0.372. The van der Waals surface area contributed by atoms with Crippen molar-refractivity contribution in [3.8, 4) is 11.3 Å². The van der Waals surface area contributed by atoms with Crippen LogP contribution in [-0.4, -0.2) is 17.1 Å². The summed E-state index contributed by atoms with van der Waals surface area (Å²) in [6, 6.07) is 22.6. The van der Waals surface area contributed by atoms with E-state index in [9.17, 15) is 4.79 Å². The fourth-order valence-corrected chi connectivity index (χ4v) is 2.86. The fraction of sp³-hybridized carbons (Fsp3) is 0. The van der Waals surface area contributed by atoms with Crippen LogP contribution in [-0.2, 0) is 0 Å². The Balaban J connectivity index is 1.44. The zero-order valence-corrected chi connectivity index (χ0v) is 15.7. The number of aromatic nitrogens is 1. The van der Waals surface area contributed by atoms with Crippen LogP contribution in [0.15, 0.2) is 86.8 Å². The minimum atomic E-state index is -0.378. The van der Waals surface area contributed by atoms with Crippen LogP contribution in [0.1, 0.15) is 16.2 Å². The van der Waals surface area contributed by atoms with E-state index in [1.54, 1.807) is 12.1 Å². The molecule has 0 unspecified atom stereocenters. The fourth-order valence-electron chi connectivity index (χ4n) is 2.60. The molecule has 5 nitrogen and oxygen atoms in total. The molecule has 0 spiro atoms. The van der Waals surface area contributed by atoms with E-state index in [0.717, 1.165) is 26.7 Å². The zero-order chi connectivity index (χ0) is 18.6. The van der Waals surface area contributed by atoms with Crippen molar-refractivity contribution in [1.82, 2.24) is 10.4 Å². The largest absolute Gasteiger partial charge is 0.455 e. The smallest absolute Gasteiger partial charge is 0.289 e. The molecule has 0 atom stereocenters. The molecule has 0 bridgehead atoms. The Morgan fingerprint density at radius 1 is 1.00 bits per heavy atom. The molecule has 2 aromatic carbocycles. The van der Waals surface area contributed by atoms with E-state index in [4.69, 9.17) is 4.42 Å². The first-order valence-electron chi connectivity index (χ1n) is 8.24. The van der Waals surface area contributed by atoms with Crippen molar-refractivity contribution in [2.75, 3.05) is 0 Å². The van der Waals surface area contributed by atoms with Gasteiger partial charge in [0.05, 0.1) is 11.7 Å². The Morgan fingerprint density at radius 3 is 2.67 bits per heavy atom. The number of fused-ring (bicyclic) bond motifs is 1. The minimum absolute atomic E-state index is 0.306. The van der Waals surface area contributed by atoms with Gasteiger partial charge in [-0.1, -0.05) is 52.3 Å². The first-order valence-corrected chi connectivity index (χ1v) is 9.03. The SMILES string of the molecule is O=C(NN=Cc1ccc(-c2ccc(Br)cc2)o1)c1ccc2ccccc2n1. The van der Waals surface area contributed by atoms with Crippen molar-refractivity contribution in [2.24, 2.45) is 5.10 Å². The van der Waals surface area contributed by atoms with E-state index in [2.05, 4.69) is 31.4 Å². The topological polar surface area (TPSA) is 67.5 Å². The van der Waals surface area contributed by atoms with Crippen molar-refractivity contribution < 1.29 is 9.21 Å². The Hall–Kier alpha value is -3.25. The Bertz CT molecular complexity index is 1130. The second-order valence-electron chi connectivity index (χ2n) is 5.80. The van der Waals surface area contributed by atoms with Gasteiger partial charge in [-0.25, -0.2) is 10.4 Å². The van der Waals surface area contributed by atoms with E-state index in [1.807, 2.05) is 60.7 Å². The standard InChI is InChI=1S/C21H14BrN3O2/c22-16-8-5-15(6-9-16)20-12-10-17(27-20)13-23-25-21(26)19-11-7-14-3-1-2-4-18(14)24-19/h1-13H,(H,25,26). The van der Waals surface area contributed by atoms with Gasteiger partial charge < -0.3 is 4.42 Å². The molecule has 1 N–H and O–H groups in total. The lowest BCUT2D eigenvalue weighted by molar-refractivity contribution is 0.0950. The number of hydrazone groups is 1. The average Bonchev–Trinajstić information content (AvgIpc) is 3.17. The van der Waals surface area contributed by atoms with Crippen LogP contribution in [0, 0.1) is 0 Å². The normalized spacial score (nSPS) is 11.1. The zero-order valence-electron chi connectivity index (χ0n) is 14.1. The highest BCUT2D eigenvalue weighted by Crippen LogP contribution is 2.23. The molecule has 6 heteroatoms. The molecule has 0 saturated heterocycles. The van der Waals surface area contributed by atoms with Crippen molar-refractivity contribution in [3.05, 3.63) is 88.7 Å². The molecule has 0 aliphatic heterocycles. The molecular formula is C21H14BrN3O2. The number of rotatable bonds is 4. The van der Waals surface area contributed by atoms with Crippen LogP contribution in [0.25, 0.3) is 22.2 Å². The highest BCUT2D eigenvalue weighted by Gasteiger charge is 2.07. The van der Waals surface area contributed by atoms with Gasteiger partial charge in [-0.15, -0.1) is 0 Å². The van der Waals surface area contributed by atoms with Gasteiger partial charge in [-0.05, 0) is 36.4 Å². The van der Waals surface area contributed by atoms with Crippen LogP contribution < -0.4 is 5.43 Å². The summed E-state index contributed by atoms with van der Waals surface area (Å²) in [4.78, 5) is 16.6. The number of furan rings is 1. The van der Waals surface area contributed by atoms with Gasteiger partial charge in [0.25, 0.3) is 5.91 Å². The van der Waals surface area contributed by atoms with Crippen LogP contribution in [0.5, 0.6) is 0 Å². The van der Waals surface area contributed by atoms with E-state index in [0.29, 0.717) is 11.5 Å². The molecule has 0 aliphatic rings. The third-order valence-corrected chi connectivity index (χ3v) is 4.47. The number of pyridine rings is 1. The number of amides is 1. The highest BCUT2D eigenvalue weighted by atomic mass is 79.9. The molecule has 0 radical (unpaired) electrons. The third-order valence-electron chi connectivity index (χ3n) is 3.94. The molecule has 2 aromatic heterocycles. The summed E-state index contributed by atoms with van der Waals surface area (Å²) in [5, 5.41) is 4.93. The van der Waals surface area contributed by atoms with E-state index in [-0.39, 0.29) is 5.91 Å². The summed E-state index contributed by atoms with van der Waals surface area (Å²) in [5.41, 5.74) is 4.50. The molecule has 0 saturated carbocycles. The average molecular weight is 420 g/mol. The maximum absolute atomic E-state index is 12.2. The summed E-state index contributed by atoms with van der Waals surface area (Å²) < 4.78 is 6.73. The summed E-state index contributed by atoms with van der Waals surface area (Å²) in [6.45, 7) is 0. The number of benzene rings is 2. The number of carbonyl (C=O) groups is 1. The minimum Gasteiger partial charge on any atom is -0.455 e. The number of hydrogen-bond acceptors (Lipinski definition) is 4. The monoisotopic (exact) mass is 419 g/mol. The van der Waals surface area contributed by atoms with Gasteiger partial charge >= 0.3 is 0 Å². The highest BCUT2D eigenvalue weighted by molar-refractivity contribution is 9.10. The van der Waals surface area contributed by atoms with Crippen LogP contribution in [0.2, 0.25) is 0 Å². The molecule has 4 aromatic rings. The van der Waals surface area contributed by atoms with Gasteiger partial charge in [0, 0.05) is 15.4 Å². The van der Waals surface area contributed by atoms with Crippen molar-refractivity contribution in [2.45, 2.75) is 0 Å². The number of halogens is 1. The van der Waals surface area contributed by atoms with E-state index >= 15 is 0 Å². The molecule has 0 aliphatic carbocycles. The molecule has 27 heavy (non-hydrogen) atoms. The van der Waals surface area contributed by atoms with Crippen molar-refractivity contribution in [1.29, 1.82) is 0 Å². The summed E-state index contributed by atoms with van der Waals surface area (Å²) in [7, 11) is 0. The first kappa shape index (κ1) is 17.2. The maximum Gasteiger partial charge on any atom is 0.289 e. The second-order valence-corrected chi connectivity index (χ2v) is 6.71. The van der Waals surface area contributed by atoms with Crippen molar-refractivity contribution >= 4 is 39.0 Å². The van der Waals surface area contributed by atoms with Gasteiger partial charge in [-0.2, -0.15) is 5.10 Å². The second kappa shape index (κ2) is 7.55. The van der Waals surface area contributed by atoms with Crippen LogP contribution in [0.4, 0.5) is 0 Å². The Labute approximate surface area is 163 Å². The molecule has 0 fully saturated rings. The van der Waals surface area contributed by atoms with Crippen molar-refractivity contribution in [3.63, 3.8) is 0 Å². The number of hydrogen-bond donors (Lipinski definition) is 1. The third kappa shape index (κ3) is 3.96. The molecule has 1 amide bonds. The Kier molecular flexibility index (Phi) is 4.80. The molecule has 4 rings (SSSR count). The summed E-state index contributed by atoms with van der Waals surface area (Å²) in [6.07, 6.45) is 1.46. The van der Waals surface area contributed by atoms with Gasteiger partial charge in [-0.3, -0.25) is 4.79 Å². The number of para-hydroxylation sites is 1. The molecule has 2 heterocycles. The first-order chi connectivity index (χ1) is 13.2. The van der Waals surface area contributed by atoms with Crippen LogP contribution in [0.3, 0.4) is 0 Å².